The maximum atomic E-state index is 12.8. The van der Waals surface area contributed by atoms with Crippen LogP contribution in [-0.4, -0.2) is 61.4 Å². The quantitative estimate of drug-likeness (QED) is 0.821. The minimum absolute atomic E-state index is 0.00426. The number of piperazine rings is 1. The van der Waals surface area contributed by atoms with Crippen molar-refractivity contribution in [3.8, 4) is 11.8 Å². The molecule has 7 heteroatoms. The molecule has 0 aliphatic carbocycles. The summed E-state index contributed by atoms with van der Waals surface area (Å²) in [6, 6.07) is 13.0. The van der Waals surface area contributed by atoms with E-state index >= 15 is 0 Å². The first kappa shape index (κ1) is 21.0. The van der Waals surface area contributed by atoms with Gasteiger partial charge in [0.05, 0.1) is 0 Å². The van der Waals surface area contributed by atoms with E-state index < -0.39 is 5.60 Å². The summed E-state index contributed by atoms with van der Waals surface area (Å²) in [5.74, 6) is 0.00852. The molecule has 0 radical (unpaired) electrons. The number of aromatic hydroxyl groups is 2. The van der Waals surface area contributed by atoms with E-state index in [0.29, 0.717) is 19.6 Å². The Bertz CT molecular complexity index is 809. The average Bonchev–Trinajstić information content (AvgIpc) is 2.95. The van der Waals surface area contributed by atoms with E-state index in [2.05, 4.69) is 17.0 Å². The predicted molar refractivity (Wildman–Crippen MR) is 111 cm³/mol. The molecule has 1 aromatic heterocycles. The molecule has 2 N–H and O–H groups in total. The van der Waals surface area contributed by atoms with Crippen molar-refractivity contribution in [3.05, 3.63) is 48.0 Å². The highest BCUT2D eigenvalue weighted by molar-refractivity contribution is 5.68. The van der Waals surface area contributed by atoms with Crippen LogP contribution in [0.15, 0.2) is 42.5 Å². The summed E-state index contributed by atoms with van der Waals surface area (Å²) < 4.78 is 7.06. The molecule has 0 saturated carbocycles. The van der Waals surface area contributed by atoms with Crippen LogP contribution < -0.4 is 0 Å². The van der Waals surface area contributed by atoms with E-state index in [1.807, 2.05) is 45.9 Å². The molecular formula is C22H31N3O4. The molecule has 1 aliphatic heterocycles. The van der Waals surface area contributed by atoms with Crippen molar-refractivity contribution in [2.45, 2.75) is 58.5 Å². The first-order chi connectivity index (χ1) is 13.6. The van der Waals surface area contributed by atoms with Crippen LogP contribution in [0.1, 0.15) is 33.3 Å². The molecule has 2 aromatic rings. The van der Waals surface area contributed by atoms with E-state index in [1.165, 1.54) is 22.3 Å². The number of carbonyl (C=O) groups is 1. The van der Waals surface area contributed by atoms with Crippen molar-refractivity contribution in [2.24, 2.45) is 0 Å². The number of hydrogen-bond acceptors (Lipinski definition) is 5. The third-order valence-electron chi connectivity index (χ3n) is 5.14. The Balaban J connectivity index is 1.83. The van der Waals surface area contributed by atoms with Crippen LogP contribution in [-0.2, 0) is 17.8 Å². The first-order valence-electron chi connectivity index (χ1n) is 9.99. The molecule has 1 amide bonds. The normalized spacial score (nSPS) is 20.6. The second-order valence-electron chi connectivity index (χ2n) is 8.71. The number of aromatic nitrogens is 1. The lowest BCUT2D eigenvalue weighted by molar-refractivity contribution is -0.0176. The van der Waals surface area contributed by atoms with Crippen LogP contribution in [0.2, 0.25) is 0 Å². The minimum atomic E-state index is -0.565. The molecule has 0 spiro atoms. The lowest BCUT2D eigenvalue weighted by atomic mass is 10.1. The highest BCUT2D eigenvalue weighted by Gasteiger charge is 2.36. The van der Waals surface area contributed by atoms with E-state index in [9.17, 15) is 15.0 Å². The van der Waals surface area contributed by atoms with Crippen molar-refractivity contribution in [3.63, 3.8) is 0 Å². The van der Waals surface area contributed by atoms with Crippen LogP contribution in [0, 0.1) is 0 Å². The average molecular weight is 402 g/mol. The van der Waals surface area contributed by atoms with Gasteiger partial charge in [0.15, 0.2) is 11.8 Å². The van der Waals surface area contributed by atoms with Gasteiger partial charge in [-0.3, -0.25) is 9.47 Å². The van der Waals surface area contributed by atoms with Crippen LogP contribution >= 0.6 is 0 Å². The van der Waals surface area contributed by atoms with Gasteiger partial charge >= 0.3 is 6.09 Å². The van der Waals surface area contributed by atoms with Crippen molar-refractivity contribution in [2.75, 3.05) is 13.1 Å². The van der Waals surface area contributed by atoms with Crippen molar-refractivity contribution in [1.29, 1.82) is 0 Å². The summed E-state index contributed by atoms with van der Waals surface area (Å²) in [5.41, 5.74) is 0.612. The number of hydrogen-bond donors (Lipinski definition) is 2. The summed E-state index contributed by atoms with van der Waals surface area (Å²) in [4.78, 5) is 16.8. The number of benzene rings is 1. The maximum Gasteiger partial charge on any atom is 0.410 e. The molecule has 7 nitrogen and oxygen atoms in total. The third kappa shape index (κ3) is 5.23. The van der Waals surface area contributed by atoms with E-state index in [4.69, 9.17) is 4.74 Å². The molecule has 1 aromatic carbocycles. The first-order valence-corrected chi connectivity index (χ1v) is 9.99. The fraction of sp³-hybridized carbons (Fsp3) is 0.500. The standard InChI is InChI=1S/C22H31N3O4/c1-16-12-23(13-17-8-6-5-7-9-17)18(15-25-19(26)10-11-20(25)27)14-24(16)21(28)29-22(2,3)4/h5-11,16,18,26-27H,12-15H2,1-4H3/t16-,18-/m1/s1. The molecule has 29 heavy (non-hydrogen) atoms. The zero-order chi connectivity index (χ0) is 21.2. The summed E-state index contributed by atoms with van der Waals surface area (Å²) in [6.45, 7) is 9.78. The van der Waals surface area contributed by atoms with Crippen LogP contribution in [0.5, 0.6) is 11.8 Å². The fourth-order valence-electron chi connectivity index (χ4n) is 3.71. The molecule has 3 rings (SSSR count). The Kier molecular flexibility index (Phi) is 6.07. The van der Waals surface area contributed by atoms with Gasteiger partial charge in [-0.1, -0.05) is 30.3 Å². The van der Waals surface area contributed by atoms with Gasteiger partial charge in [0.2, 0.25) is 0 Å². The molecule has 2 heterocycles. The largest absolute Gasteiger partial charge is 0.494 e. The number of carbonyl (C=O) groups excluding carboxylic acids is 1. The summed E-state index contributed by atoms with van der Waals surface area (Å²) in [5, 5.41) is 20.2. The van der Waals surface area contributed by atoms with Crippen LogP contribution in [0.3, 0.4) is 0 Å². The number of ether oxygens (including phenoxy) is 1. The van der Waals surface area contributed by atoms with Gasteiger partial charge in [-0.2, -0.15) is 0 Å². The highest BCUT2D eigenvalue weighted by Crippen LogP contribution is 2.26. The topological polar surface area (TPSA) is 78.2 Å². The zero-order valence-corrected chi connectivity index (χ0v) is 17.6. The zero-order valence-electron chi connectivity index (χ0n) is 17.6. The second-order valence-corrected chi connectivity index (χ2v) is 8.71. The minimum Gasteiger partial charge on any atom is -0.494 e. The van der Waals surface area contributed by atoms with E-state index in [1.54, 1.807) is 4.90 Å². The van der Waals surface area contributed by atoms with Crippen LogP contribution in [0.25, 0.3) is 0 Å². The number of amides is 1. The summed E-state index contributed by atoms with van der Waals surface area (Å²) in [6.07, 6.45) is -0.338. The lowest BCUT2D eigenvalue weighted by Gasteiger charge is -2.45. The Hall–Kier alpha value is -2.67. The maximum absolute atomic E-state index is 12.8. The van der Waals surface area contributed by atoms with Gasteiger partial charge in [0.25, 0.3) is 0 Å². The highest BCUT2D eigenvalue weighted by atomic mass is 16.6. The van der Waals surface area contributed by atoms with Gasteiger partial charge in [-0.05, 0) is 33.3 Å². The summed E-state index contributed by atoms with van der Waals surface area (Å²) in [7, 11) is 0. The summed E-state index contributed by atoms with van der Waals surface area (Å²) >= 11 is 0. The fourth-order valence-corrected chi connectivity index (χ4v) is 3.71. The Morgan fingerprint density at radius 2 is 1.69 bits per heavy atom. The van der Waals surface area contributed by atoms with Crippen molar-refractivity contribution < 1.29 is 19.7 Å². The SMILES string of the molecule is C[C@@H]1CN(Cc2ccccc2)[C@@H](Cn2c(O)ccc2O)CN1C(=O)OC(C)(C)C. The van der Waals surface area contributed by atoms with Crippen molar-refractivity contribution >= 4 is 6.09 Å². The number of rotatable bonds is 4. The second kappa shape index (κ2) is 8.37. The molecule has 1 saturated heterocycles. The molecule has 1 aliphatic rings. The third-order valence-corrected chi connectivity index (χ3v) is 5.14. The molecular weight excluding hydrogens is 370 g/mol. The number of nitrogens with zero attached hydrogens (tertiary/aromatic N) is 3. The molecule has 2 atom stereocenters. The Morgan fingerprint density at radius 3 is 2.28 bits per heavy atom. The molecule has 0 unspecified atom stereocenters. The van der Waals surface area contributed by atoms with Gasteiger partial charge in [-0.15, -0.1) is 0 Å². The molecule has 0 bridgehead atoms. The van der Waals surface area contributed by atoms with Gasteiger partial charge in [0, 0.05) is 50.4 Å². The molecule has 1 fully saturated rings. The van der Waals surface area contributed by atoms with Gasteiger partial charge in [-0.25, -0.2) is 4.79 Å². The molecule has 158 valence electrons. The predicted octanol–water partition coefficient (Wildman–Crippen LogP) is 3.41. The Labute approximate surface area is 172 Å². The van der Waals surface area contributed by atoms with Crippen molar-refractivity contribution in [1.82, 2.24) is 14.4 Å². The monoisotopic (exact) mass is 401 g/mol. The van der Waals surface area contributed by atoms with Crippen LogP contribution in [0.4, 0.5) is 4.79 Å². The smallest absolute Gasteiger partial charge is 0.410 e. The lowest BCUT2D eigenvalue weighted by Crippen LogP contribution is -2.60. The van der Waals surface area contributed by atoms with Gasteiger partial charge < -0.3 is 19.8 Å². The van der Waals surface area contributed by atoms with E-state index in [0.717, 1.165) is 6.54 Å². The Morgan fingerprint density at radius 1 is 1.07 bits per heavy atom. The van der Waals surface area contributed by atoms with Gasteiger partial charge in [0.1, 0.15) is 5.60 Å². The van der Waals surface area contributed by atoms with E-state index in [-0.39, 0.29) is 29.9 Å².